The van der Waals surface area contributed by atoms with Crippen LogP contribution in [0, 0.1) is 0 Å². The zero-order valence-corrected chi connectivity index (χ0v) is 17.3. The molecular weight excluding hydrogens is 352 g/mol. The van der Waals surface area contributed by atoms with Crippen LogP contribution < -0.4 is 5.32 Å². The van der Waals surface area contributed by atoms with Crippen LogP contribution in [0.4, 0.5) is 0 Å². The van der Waals surface area contributed by atoms with E-state index in [1.165, 1.54) is 0 Å². The van der Waals surface area contributed by atoms with Gasteiger partial charge in [0.1, 0.15) is 12.4 Å². The molecule has 0 spiro atoms. The Morgan fingerprint density at radius 3 is 2.50 bits per heavy atom. The molecule has 0 saturated carbocycles. The molecule has 0 aliphatic carbocycles. The third-order valence-corrected chi connectivity index (χ3v) is 4.62. The van der Waals surface area contributed by atoms with Crippen LogP contribution in [0.15, 0.2) is 36.4 Å². The first-order valence-corrected chi connectivity index (χ1v) is 10.1. The van der Waals surface area contributed by atoms with E-state index in [9.17, 15) is 9.59 Å². The van der Waals surface area contributed by atoms with Crippen LogP contribution in [-0.4, -0.2) is 45.9 Å². The molecule has 2 amide bonds. The number of imidazole rings is 1. The molecule has 1 N–H and O–H groups in total. The van der Waals surface area contributed by atoms with Crippen molar-refractivity contribution in [2.24, 2.45) is 0 Å². The number of para-hydroxylation sites is 2. The fourth-order valence-corrected chi connectivity index (χ4v) is 3.23. The molecule has 0 radical (unpaired) electrons. The van der Waals surface area contributed by atoms with Gasteiger partial charge in [-0.05, 0) is 38.3 Å². The van der Waals surface area contributed by atoms with Gasteiger partial charge >= 0.3 is 0 Å². The highest BCUT2D eigenvalue weighted by atomic mass is 16.2. The molecule has 0 aliphatic rings. The van der Waals surface area contributed by atoms with Crippen molar-refractivity contribution in [2.75, 3.05) is 19.6 Å². The molecule has 0 unspecified atom stereocenters. The summed E-state index contributed by atoms with van der Waals surface area (Å²) in [4.78, 5) is 31.2. The van der Waals surface area contributed by atoms with Crippen LogP contribution in [-0.2, 0) is 22.6 Å². The third kappa shape index (κ3) is 5.68. The van der Waals surface area contributed by atoms with E-state index in [4.69, 9.17) is 4.98 Å². The number of carbonyl (C=O) groups is 2. The van der Waals surface area contributed by atoms with Gasteiger partial charge in [-0.3, -0.25) is 9.59 Å². The van der Waals surface area contributed by atoms with Crippen molar-refractivity contribution < 1.29 is 9.59 Å². The molecule has 1 aromatic carbocycles. The largest absolute Gasteiger partial charge is 0.352 e. The molecule has 6 heteroatoms. The summed E-state index contributed by atoms with van der Waals surface area (Å²) in [7, 11) is 0. The summed E-state index contributed by atoms with van der Waals surface area (Å²) in [5.41, 5.74) is 2.38. The lowest BCUT2D eigenvalue weighted by Crippen LogP contribution is -2.35. The summed E-state index contributed by atoms with van der Waals surface area (Å²) < 4.78 is 2.02. The van der Waals surface area contributed by atoms with Crippen LogP contribution >= 0.6 is 0 Å². The molecule has 1 aromatic heterocycles. The van der Waals surface area contributed by atoms with Crippen molar-refractivity contribution in [1.82, 2.24) is 19.8 Å². The van der Waals surface area contributed by atoms with Crippen LogP contribution in [0.2, 0.25) is 0 Å². The van der Waals surface area contributed by atoms with Crippen molar-refractivity contribution in [1.29, 1.82) is 0 Å². The number of hydrogen-bond acceptors (Lipinski definition) is 3. The normalized spacial score (nSPS) is 10.8. The molecule has 0 saturated heterocycles. The number of amides is 2. The fourth-order valence-electron chi connectivity index (χ4n) is 3.23. The second kappa shape index (κ2) is 10.6. The average molecular weight is 385 g/mol. The predicted octanol–water partition coefficient (Wildman–Crippen LogP) is 3.31. The first-order chi connectivity index (χ1) is 13.5. The van der Waals surface area contributed by atoms with Crippen molar-refractivity contribution in [2.45, 2.75) is 53.0 Å². The quantitative estimate of drug-likeness (QED) is 0.477. The van der Waals surface area contributed by atoms with Crippen molar-refractivity contribution in [3.8, 4) is 0 Å². The Hall–Kier alpha value is -2.63. The van der Waals surface area contributed by atoms with E-state index in [1.807, 2.05) is 33.7 Å². The zero-order chi connectivity index (χ0) is 20.5. The topological polar surface area (TPSA) is 67.2 Å². The minimum Gasteiger partial charge on any atom is -0.352 e. The van der Waals surface area contributed by atoms with Gasteiger partial charge in [0.25, 0.3) is 0 Å². The van der Waals surface area contributed by atoms with Gasteiger partial charge in [0.05, 0.1) is 11.0 Å². The first-order valence-electron chi connectivity index (χ1n) is 10.1. The van der Waals surface area contributed by atoms with E-state index in [0.29, 0.717) is 25.1 Å². The number of aryl methyl sites for hydroxylation is 1. The van der Waals surface area contributed by atoms with Crippen LogP contribution in [0.1, 0.15) is 45.9 Å². The molecule has 0 aliphatic heterocycles. The molecule has 152 valence electrons. The van der Waals surface area contributed by atoms with E-state index in [1.54, 1.807) is 6.92 Å². The Balaban J connectivity index is 2.14. The van der Waals surface area contributed by atoms with Crippen molar-refractivity contribution in [3.63, 3.8) is 0 Å². The Labute approximate surface area is 167 Å². The highest BCUT2D eigenvalue weighted by molar-refractivity contribution is 5.92. The Kier molecular flexibility index (Phi) is 8.23. The highest BCUT2D eigenvalue weighted by Crippen LogP contribution is 2.17. The van der Waals surface area contributed by atoms with Gasteiger partial charge in [0.15, 0.2) is 0 Å². The summed E-state index contributed by atoms with van der Waals surface area (Å²) in [6.45, 7) is 11.9. The lowest BCUT2D eigenvalue weighted by Gasteiger charge is -2.22. The maximum absolute atomic E-state index is 12.9. The smallest absolute Gasteiger partial charge is 0.246 e. The first kappa shape index (κ1) is 21.7. The average Bonchev–Trinajstić information content (AvgIpc) is 3.02. The Morgan fingerprint density at radius 2 is 1.86 bits per heavy atom. The van der Waals surface area contributed by atoms with E-state index < -0.39 is 0 Å². The monoisotopic (exact) mass is 384 g/mol. The summed E-state index contributed by atoms with van der Waals surface area (Å²) in [6, 6.07) is 7.90. The summed E-state index contributed by atoms with van der Waals surface area (Å²) in [5, 5.41) is 2.85. The van der Waals surface area contributed by atoms with E-state index >= 15 is 0 Å². The van der Waals surface area contributed by atoms with Gasteiger partial charge in [0, 0.05) is 31.6 Å². The standard InChI is InChI=1S/C22H32N4O2/c1-5-14-25(15-6-2)21(27)16-26-19-11-8-7-10-18(19)24-20(26)12-9-13-23-22(28)17(3)4/h7-8,10-11H,3,5-6,9,12-16H2,1-2,4H3,(H,23,28). The van der Waals surface area contributed by atoms with E-state index in [0.717, 1.165) is 49.2 Å². The maximum Gasteiger partial charge on any atom is 0.246 e. The molecular formula is C22H32N4O2. The molecule has 1 heterocycles. The second-order valence-electron chi connectivity index (χ2n) is 7.12. The minimum atomic E-state index is -0.126. The minimum absolute atomic E-state index is 0.126. The lowest BCUT2D eigenvalue weighted by molar-refractivity contribution is -0.131. The van der Waals surface area contributed by atoms with Gasteiger partial charge in [-0.25, -0.2) is 4.98 Å². The highest BCUT2D eigenvalue weighted by Gasteiger charge is 2.17. The number of carbonyl (C=O) groups excluding carboxylic acids is 2. The van der Waals surface area contributed by atoms with E-state index in [2.05, 4.69) is 25.7 Å². The van der Waals surface area contributed by atoms with Gasteiger partial charge < -0.3 is 14.8 Å². The summed E-state index contributed by atoms with van der Waals surface area (Å²) in [5.74, 6) is 0.884. The molecule has 0 bridgehead atoms. The molecule has 2 aromatic rings. The van der Waals surface area contributed by atoms with Crippen LogP contribution in [0.25, 0.3) is 11.0 Å². The molecule has 2 rings (SSSR count). The van der Waals surface area contributed by atoms with E-state index in [-0.39, 0.29) is 11.8 Å². The maximum atomic E-state index is 12.9. The van der Waals surface area contributed by atoms with Crippen molar-refractivity contribution >= 4 is 22.8 Å². The predicted molar refractivity (Wildman–Crippen MR) is 113 cm³/mol. The van der Waals surface area contributed by atoms with Gasteiger partial charge in [0.2, 0.25) is 11.8 Å². The number of rotatable bonds is 11. The summed E-state index contributed by atoms with van der Waals surface area (Å²) in [6.07, 6.45) is 3.35. The number of aromatic nitrogens is 2. The fraction of sp³-hybridized carbons (Fsp3) is 0.500. The number of fused-ring (bicyclic) bond motifs is 1. The van der Waals surface area contributed by atoms with Crippen molar-refractivity contribution in [3.05, 3.63) is 42.2 Å². The molecule has 0 atom stereocenters. The molecule has 6 nitrogen and oxygen atoms in total. The SMILES string of the molecule is C=C(C)C(=O)NCCCc1nc2ccccc2n1CC(=O)N(CCC)CCC. The number of hydrogen-bond donors (Lipinski definition) is 1. The molecule has 28 heavy (non-hydrogen) atoms. The summed E-state index contributed by atoms with van der Waals surface area (Å²) >= 11 is 0. The van der Waals surface area contributed by atoms with Crippen LogP contribution in [0.3, 0.4) is 0 Å². The van der Waals surface area contributed by atoms with Gasteiger partial charge in [-0.15, -0.1) is 0 Å². The van der Waals surface area contributed by atoms with Gasteiger partial charge in [-0.2, -0.15) is 0 Å². The zero-order valence-electron chi connectivity index (χ0n) is 17.3. The Morgan fingerprint density at radius 1 is 1.18 bits per heavy atom. The van der Waals surface area contributed by atoms with Gasteiger partial charge in [-0.1, -0.05) is 32.6 Å². The lowest BCUT2D eigenvalue weighted by atomic mass is 10.2. The third-order valence-electron chi connectivity index (χ3n) is 4.62. The van der Waals surface area contributed by atoms with Crippen LogP contribution in [0.5, 0.6) is 0 Å². The second-order valence-corrected chi connectivity index (χ2v) is 7.12. The Bertz CT molecular complexity index is 819. The number of nitrogens with zero attached hydrogens (tertiary/aromatic N) is 3. The number of benzene rings is 1. The molecule has 0 fully saturated rings. The number of nitrogens with one attached hydrogen (secondary N) is 1.